The Morgan fingerprint density at radius 3 is 2.00 bits per heavy atom. The van der Waals surface area contributed by atoms with Gasteiger partial charge in [-0.15, -0.1) is 21.5 Å². The number of benzene rings is 1. The molecule has 0 saturated heterocycles. The summed E-state index contributed by atoms with van der Waals surface area (Å²) in [5.74, 6) is -4.23. The quantitative estimate of drug-likeness (QED) is 0.159. The fourth-order valence-electron chi connectivity index (χ4n) is 4.05. The predicted molar refractivity (Wildman–Crippen MR) is 169 cm³/mol. The van der Waals surface area contributed by atoms with E-state index in [0.717, 1.165) is 33.2 Å². The van der Waals surface area contributed by atoms with E-state index >= 15 is 0 Å². The number of nitrogens with one attached hydrogen (secondary N) is 1. The SMILES string of the molecule is Cc1sc2c(c1C)C(c1ccc(Cl)cc1)=N[C@@H](CC(=O)NCCOCCOCCN)c1nnc(C)n1-2.O=C(O)C(F)(F)F.O=C(O)C(F)(F)F. The van der Waals surface area contributed by atoms with Gasteiger partial charge in [0.05, 0.1) is 38.6 Å². The monoisotopic (exact) mass is 758 g/mol. The average Bonchev–Trinajstić information content (AvgIpc) is 3.50. The van der Waals surface area contributed by atoms with E-state index in [2.05, 4.69) is 29.4 Å². The number of thiophene rings is 1. The first-order valence-corrected chi connectivity index (χ1v) is 15.6. The highest BCUT2D eigenvalue weighted by molar-refractivity contribution is 7.15. The van der Waals surface area contributed by atoms with Crippen molar-refractivity contribution in [1.29, 1.82) is 0 Å². The Labute approximate surface area is 290 Å². The van der Waals surface area contributed by atoms with Crippen molar-refractivity contribution in [3.8, 4) is 5.00 Å². The number of carbonyl (C=O) groups excluding carboxylic acids is 1. The first-order valence-electron chi connectivity index (χ1n) is 14.4. The summed E-state index contributed by atoms with van der Waals surface area (Å²) < 4.78 is 76.3. The third kappa shape index (κ3) is 12.3. The number of nitrogens with zero attached hydrogens (tertiary/aromatic N) is 4. The van der Waals surface area contributed by atoms with Gasteiger partial charge >= 0.3 is 24.3 Å². The molecular weight excluding hydrogens is 726 g/mol. The van der Waals surface area contributed by atoms with Gasteiger partial charge in [0.15, 0.2) is 5.82 Å². The zero-order chi connectivity index (χ0) is 37.8. The molecule has 0 fully saturated rings. The maximum atomic E-state index is 12.9. The summed E-state index contributed by atoms with van der Waals surface area (Å²) in [4.78, 5) is 37.0. The number of aryl methyl sites for hydroxylation is 2. The number of amides is 1. The van der Waals surface area contributed by atoms with Crippen molar-refractivity contribution in [2.75, 3.05) is 39.5 Å². The molecule has 4 rings (SSSR count). The molecule has 1 aliphatic heterocycles. The standard InChI is InChI=1S/C25H31ClN6O3S.2C2HF3O2/c1-15-16(2)36-25-22(15)23(18-4-6-19(26)7-5-18)29-20(24-31-30-17(3)32(24)25)14-21(33)28-9-11-35-13-12-34-10-8-27;2*3-2(4,5)1(6)7/h4-7,20H,8-14,27H2,1-3H3,(H,28,33);2*(H,6,7)/t20-;;/m0../s1. The number of aliphatic carboxylic acids is 2. The molecule has 3 heterocycles. The third-order valence-corrected chi connectivity index (χ3v) is 7.87. The van der Waals surface area contributed by atoms with Gasteiger partial charge in [-0.3, -0.25) is 14.4 Å². The summed E-state index contributed by atoms with van der Waals surface area (Å²) in [6.07, 6.45) is -10.0. The van der Waals surface area contributed by atoms with E-state index in [1.165, 1.54) is 4.88 Å². The van der Waals surface area contributed by atoms with Crippen LogP contribution in [-0.2, 0) is 23.9 Å². The molecule has 0 bridgehead atoms. The normalized spacial score (nSPS) is 13.7. The van der Waals surface area contributed by atoms with Gasteiger partial charge in [-0.1, -0.05) is 23.7 Å². The maximum absolute atomic E-state index is 12.9. The fourth-order valence-corrected chi connectivity index (χ4v) is 5.39. The Bertz CT molecular complexity index is 1620. The Morgan fingerprint density at radius 1 is 0.940 bits per heavy atom. The molecule has 0 aliphatic carbocycles. The molecule has 2 aromatic heterocycles. The summed E-state index contributed by atoms with van der Waals surface area (Å²) in [5, 5.41) is 27.6. The number of carboxylic acid groups (broad SMARTS) is 2. The minimum Gasteiger partial charge on any atom is -0.475 e. The van der Waals surface area contributed by atoms with Gasteiger partial charge in [-0.05, 0) is 38.5 Å². The van der Waals surface area contributed by atoms with Crippen LogP contribution in [0.1, 0.15) is 45.7 Å². The smallest absolute Gasteiger partial charge is 0.475 e. The second-order valence-electron chi connectivity index (χ2n) is 10.1. The summed E-state index contributed by atoms with van der Waals surface area (Å²) in [7, 11) is 0. The first-order chi connectivity index (χ1) is 23.3. The van der Waals surface area contributed by atoms with Crippen LogP contribution in [0.15, 0.2) is 29.3 Å². The number of nitrogens with two attached hydrogens (primary N) is 1. The molecule has 5 N–H and O–H groups in total. The van der Waals surface area contributed by atoms with E-state index in [-0.39, 0.29) is 12.3 Å². The van der Waals surface area contributed by atoms with Gasteiger partial charge in [0.2, 0.25) is 5.91 Å². The lowest BCUT2D eigenvalue weighted by atomic mass is 9.99. The van der Waals surface area contributed by atoms with Crippen molar-refractivity contribution in [1.82, 2.24) is 20.1 Å². The van der Waals surface area contributed by atoms with E-state index in [1.807, 2.05) is 35.8 Å². The number of hydrogen-bond donors (Lipinski definition) is 4. The van der Waals surface area contributed by atoms with Crippen LogP contribution in [0.3, 0.4) is 0 Å². The number of alkyl halides is 6. The molecule has 0 saturated carbocycles. The van der Waals surface area contributed by atoms with E-state index in [4.69, 9.17) is 51.6 Å². The zero-order valence-corrected chi connectivity index (χ0v) is 28.3. The molecule has 50 heavy (non-hydrogen) atoms. The van der Waals surface area contributed by atoms with E-state index in [9.17, 15) is 31.1 Å². The number of fused-ring (bicyclic) bond motifs is 3. The largest absolute Gasteiger partial charge is 0.490 e. The minimum atomic E-state index is -5.08. The van der Waals surface area contributed by atoms with Crippen LogP contribution in [0.2, 0.25) is 5.02 Å². The Hall–Kier alpha value is -4.11. The first kappa shape index (κ1) is 42.1. The van der Waals surface area contributed by atoms with E-state index in [0.29, 0.717) is 50.4 Å². The summed E-state index contributed by atoms with van der Waals surface area (Å²) in [6, 6.07) is 7.13. The Kier molecular flexibility index (Phi) is 15.8. The van der Waals surface area contributed by atoms with Crippen molar-refractivity contribution in [3.05, 3.63) is 62.5 Å². The van der Waals surface area contributed by atoms with Crippen LogP contribution in [0.25, 0.3) is 5.00 Å². The van der Waals surface area contributed by atoms with E-state index < -0.39 is 30.3 Å². The van der Waals surface area contributed by atoms with Gasteiger partial charge in [-0.25, -0.2) is 9.59 Å². The van der Waals surface area contributed by atoms with Crippen molar-refractivity contribution < 1.29 is 60.4 Å². The summed E-state index contributed by atoms with van der Waals surface area (Å²) in [6.45, 7) is 8.84. The van der Waals surface area contributed by atoms with Crippen LogP contribution >= 0.6 is 22.9 Å². The highest BCUT2D eigenvalue weighted by Crippen LogP contribution is 2.39. The number of aliphatic imine (C=N–C) groups is 1. The number of carboxylic acids is 2. The van der Waals surface area contributed by atoms with Gasteiger partial charge in [0.1, 0.15) is 16.9 Å². The van der Waals surface area contributed by atoms with Gasteiger partial charge in [-0.2, -0.15) is 26.3 Å². The molecule has 3 aromatic rings. The molecule has 1 aromatic carbocycles. The molecule has 13 nitrogen and oxygen atoms in total. The number of rotatable bonds is 11. The predicted octanol–water partition coefficient (Wildman–Crippen LogP) is 4.56. The Morgan fingerprint density at radius 2 is 1.48 bits per heavy atom. The second-order valence-corrected chi connectivity index (χ2v) is 11.7. The molecule has 0 spiro atoms. The van der Waals surface area contributed by atoms with E-state index in [1.54, 1.807) is 11.3 Å². The van der Waals surface area contributed by atoms with Crippen LogP contribution in [0.5, 0.6) is 0 Å². The molecule has 1 atom stereocenters. The third-order valence-electron chi connectivity index (χ3n) is 6.42. The van der Waals surface area contributed by atoms with Crippen LogP contribution < -0.4 is 11.1 Å². The van der Waals surface area contributed by atoms with Gasteiger partial charge in [0.25, 0.3) is 0 Å². The minimum absolute atomic E-state index is 0.132. The second kappa shape index (κ2) is 18.8. The number of aromatic nitrogens is 3. The topological polar surface area (TPSA) is 191 Å². The van der Waals surface area contributed by atoms with Gasteiger partial charge < -0.3 is 30.7 Å². The van der Waals surface area contributed by atoms with Crippen molar-refractivity contribution >= 4 is 46.5 Å². The lowest BCUT2D eigenvalue weighted by molar-refractivity contribution is -0.193. The average molecular weight is 759 g/mol. The van der Waals surface area contributed by atoms with Crippen LogP contribution in [0, 0.1) is 20.8 Å². The number of hydrogen-bond acceptors (Lipinski definition) is 10. The molecule has 1 aliphatic rings. The molecular formula is C29H33ClF6N6O7S. The number of halogens is 7. The maximum Gasteiger partial charge on any atom is 0.490 e. The van der Waals surface area contributed by atoms with Crippen molar-refractivity contribution in [2.24, 2.45) is 10.7 Å². The van der Waals surface area contributed by atoms with Crippen molar-refractivity contribution in [3.63, 3.8) is 0 Å². The van der Waals surface area contributed by atoms with Crippen LogP contribution in [-0.4, -0.2) is 100 Å². The zero-order valence-electron chi connectivity index (χ0n) is 26.7. The number of carbonyl (C=O) groups is 3. The lowest BCUT2D eigenvalue weighted by Crippen LogP contribution is -2.29. The molecule has 21 heteroatoms. The highest BCUT2D eigenvalue weighted by Gasteiger charge is 2.39. The lowest BCUT2D eigenvalue weighted by Gasteiger charge is -2.13. The van der Waals surface area contributed by atoms with Crippen molar-refractivity contribution in [2.45, 2.75) is 45.6 Å². The number of ether oxygens (including phenoxy) is 2. The van der Waals surface area contributed by atoms with Crippen LogP contribution in [0.4, 0.5) is 26.3 Å². The molecule has 0 unspecified atom stereocenters. The molecule has 1 amide bonds. The Balaban J connectivity index is 0.000000521. The van der Waals surface area contributed by atoms with Gasteiger partial charge in [0, 0.05) is 34.1 Å². The molecule has 276 valence electrons. The fraction of sp³-hybridized carbons (Fsp3) is 0.448. The highest BCUT2D eigenvalue weighted by atomic mass is 35.5. The molecule has 0 radical (unpaired) electrons. The summed E-state index contributed by atoms with van der Waals surface area (Å²) >= 11 is 7.84. The summed E-state index contributed by atoms with van der Waals surface area (Å²) in [5.41, 5.74) is 9.34.